The molecule has 0 aliphatic carbocycles. The van der Waals surface area contributed by atoms with Crippen LogP contribution in [0.5, 0.6) is 0 Å². The van der Waals surface area contributed by atoms with Gasteiger partial charge < -0.3 is 4.90 Å². The van der Waals surface area contributed by atoms with Gasteiger partial charge in [-0.05, 0) is 25.7 Å². The molecule has 1 amide bonds. The molecule has 0 aromatic heterocycles. The molecule has 1 atom stereocenters. The minimum Gasteiger partial charge on any atom is -0.339 e. The number of hydrogen-bond donors (Lipinski definition) is 0. The standard InChI is InChI=1S/C12H19NO/c1-3-5-6-10-13-11(7-4-2)8-9-12(13)14/h3-4,11H,1-2,5-10H2/t11-/m1/s1. The molecule has 2 heteroatoms. The van der Waals surface area contributed by atoms with Crippen molar-refractivity contribution < 1.29 is 4.79 Å². The van der Waals surface area contributed by atoms with Crippen LogP contribution in [0.1, 0.15) is 32.1 Å². The number of hydrogen-bond acceptors (Lipinski definition) is 1. The molecular weight excluding hydrogens is 174 g/mol. The van der Waals surface area contributed by atoms with Crippen molar-refractivity contribution in [1.82, 2.24) is 4.90 Å². The fraction of sp³-hybridized carbons (Fsp3) is 0.583. The first kappa shape index (κ1) is 11.0. The highest BCUT2D eigenvalue weighted by molar-refractivity contribution is 5.78. The summed E-state index contributed by atoms with van der Waals surface area (Å²) in [4.78, 5) is 13.5. The monoisotopic (exact) mass is 193 g/mol. The van der Waals surface area contributed by atoms with Crippen LogP contribution >= 0.6 is 0 Å². The van der Waals surface area contributed by atoms with Gasteiger partial charge in [0.2, 0.25) is 5.91 Å². The van der Waals surface area contributed by atoms with E-state index in [1.165, 1.54) is 0 Å². The van der Waals surface area contributed by atoms with Gasteiger partial charge in [-0.2, -0.15) is 0 Å². The molecule has 0 unspecified atom stereocenters. The van der Waals surface area contributed by atoms with Crippen LogP contribution in [0.25, 0.3) is 0 Å². The topological polar surface area (TPSA) is 20.3 Å². The number of rotatable bonds is 6. The molecule has 1 aliphatic rings. The van der Waals surface area contributed by atoms with Gasteiger partial charge in [-0.25, -0.2) is 0 Å². The summed E-state index contributed by atoms with van der Waals surface area (Å²) < 4.78 is 0. The molecule has 1 heterocycles. The summed E-state index contributed by atoms with van der Waals surface area (Å²) in [5.41, 5.74) is 0. The third-order valence-corrected chi connectivity index (χ3v) is 2.70. The quantitative estimate of drug-likeness (QED) is 0.469. The Balaban J connectivity index is 2.40. The van der Waals surface area contributed by atoms with Crippen molar-refractivity contribution in [3.05, 3.63) is 25.3 Å². The third-order valence-electron chi connectivity index (χ3n) is 2.70. The largest absolute Gasteiger partial charge is 0.339 e. The fourth-order valence-electron chi connectivity index (χ4n) is 1.94. The molecular formula is C12H19NO. The van der Waals surface area contributed by atoms with Crippen molar-refractivity contribution in [2.45, 2.75) is 38.1 Å². The van der Waals surface area contributed by atoms with Crippen LogP contribution in [0.15, 0.2) is 25.3 Å². The van der Waals surface area contributed by atoms with E-state index in [-0.39, 0.29) is 0 Å². The maximum absolute atomic E-state index is 11.5. The molecule has 0 aromatic carbocycles. The Morgan fingerprint density at radius 1 is 1.43 bits per heavy atom. The minimum atomic E-state index is 0.306. The van der Waals surface area contributed by atoms with Crippen LogP contribution < -0.4 is 0 Å². The predicted octanol–water partition coefficient (Wildman–Crippen LogP) is 2.52. The summed E-state index contributed by atoms with van der Waals surface area (Å²) in [6.45, 7) is 8.28. The maximum atomic E-state index is 11.5. The third kappa shape index (κ3) is 2.72. The maximum Gasteiger partial charge on any atom is 0.222 e. The molecule has 14 heavy (non-hydrogen) atoms. The molecule has 0 radical (unpaired) electrons. The molecule has 2 nitrogen and oxygen atoms in total. The van der Waals surface area contributed by atoms with Crippen molar-refractivity contribution in [2.24, 2.45) is 0 Å². The van der Waals surface area contributed by atoms with Crippen molar-refractivity contribution in [2.75, 3.05) is 6.54 Å². The lowest BCUT2D eigenvalue weighted by Gasteiger charge is -2.23. The Labute approximate surface area is 86.3 Å². The van der Waals surface area contributed by atoms with Gasteiger partial charge in [0, 0.05) is 19.0 Å². The van der Waals surface area contributed by atoms with E-state index in [9.17, 15) is 4.79 Å². The summed E-state index contributed by atoms with van der Waals surface area (Å²) in [7, 11) is 0. The number of nitrogens with zero attached hydrogens (tertiary/aromatic N) is 1. The van der Waals surface area contributed by atoms with E-state index < -0.39 is 0 Å². The number of allylic oxidation sites excluding steroid dienone is 1. The van der Waals surface area contributed by atoms with Crippen molar-refractivity contribution in [1.29, 1.82) is 0 Å². The normalized spacial score (nSPS) is 21.3. The average Bonchev–Trinajstić information content (AvgIpc) is 2.50. The molecule has 0 aromatic rings. The van der Waals surface area contributed by atoms with Gasteiger partial charge in [-0.15, -0.1) is 13.2 Å². The molecule has 1 rings (SSSR count). The smallest absolute Gasteiger partial charge is 0.222 e. The van der Waals surface area contributed by atoms with Gasteiger partial charge in [0.25, 0.3) is 0 Å². The van der Waals surface area contributed by atoms with Crippen LogP contribution in [0, 0.1) is 0 Å². The number of carbonyl (C=O) groups excluding carboxylic acids is 1. The van der Waals surface area contributed by atoms with Gasteiger partial charge in [-0.1, -0.05) is 12.2 Å². The Morgan fingerprint density at radius 3 is 2.86 bits per heavy atom. The summed E-state index contributed by atoms with van der Waals surface area (Å²) >= 11 is 0. The Morgan fingerprint density at radius 2 is 2.21 bits per heavy atom. The van der Waals surface area contributed by atoms with Gasteiger partial charge in [0.15, 0.2) is 0 Å². The first-order valence-corrected chi connectivity index (χ1v) is 5.31. The molecule has 1 fully saturated rings. The van der Waals surface area contributed by atoms with Gasteiger partial charge >= 0.3 is 0 Å². The second-order valence-electron chi connectivity index (χ2n) is 3.73. The van der Waals surface area contributed by atoms with Gasteiger partial charge in [0.1, 0.15) is 0 Å². The fourth-order valence-corrected chi connectivity index (χ4v) is 1.94. The van der Waals surface area contributed by atoms with Crippen LogP contribution in [0.2, 0.25) is 0 Å². The summed E-state index contributed by atoms with van der Waals surface area (Å²) in [6, 6.07) is 0.407. The van der Waals surface area contributed by atoms with Crippen LogP contribution in [-0.4, -0.2) is 23.4 Å². The summed E-state index contributed by atoms with van der Waals surface area (Å²) in [6.07, 6.45) is 8.48. The van der Waals surface area contributed by atoms with Crippen LogP contribution in [0.3, 0.4) is 0 Å². The molecule has 0 saturated carbocycles. The predicted molar refractivity (Wildman–Crippen MR) is 59.0 cm³/mol. The number of likely N-dealkylation sites (tertiary alicyclic amines) is 1. The highest BCUT2D eigenvalue weighted by Gasteiger charge is 2.28. The highest BCUT2D eigenvalue weighted by atomic mass is 16.2. The summed E-state index contributed by atoms with van der Waals surface area (Å²) in [5, 5.41) is 0. The van der Waals surface area contributed by atoms with E-state index in [2.05, 4.69) is 13.2 Å². The molecule has 0 spiro atoms. The summed E-state index contributed by atoms with van der Waals surface area (Å²) in [5.74, 6) is 0.306. The Hall–Kier alpha value is -1.05. The second kappa shape index (κ2) is 5.63. The van der Waals surface area contributed by atoms with E-state index in [0.717, 1.165) is 32.2 Å². The lowest BCUT2D eigenvalue weighted by Crippen LogP contribution is -2.33. The number of carbonyl (C=O) groups is 1. The average molecular weight is 193 g/mol. The first-order valence-electron chi connectivity index (χ1n) is 5.31. The molecule has 78 valence electrons. The number of unbranched alkanes of at least 4 members (excludes halogenated alkanes) is 1. The van der Waals surface area contributed by atoms with Crippen LogP contribution in [0.4, 0.5) is 0 Å². The van der Waals surface area contributed by atoms with E-state index in [1.54, 1.807) is 0 Å². The van der Waals surface area contributed by atoms with E-state index in [1.807, 2.05) is 17.1 Å². The minimum absolute atomic E-state index is 0.306. The lowest BCUT2D eigenvalue weighted by atomic mass is 10.1. The highest BCUT2D eigenvalue weighted by Crippen LogP contribution is 2.21. The van der Waals surface area contributed by atoms with Crippen molar-refractivity contribution in [3.63, 3.8) is 0 Å². The van der Waals surface area contributed by atoms with Crippen LogP contribution in [-0.2, 0) is 4.79 Å². The number of amides is 1. The zero-order valence-electron chi connectivity index (χ0n) is 8.74. The molecule has 1 saturated heterocycles. The zero-order valence-corrected chi connectivity index (χ0v) is 8.74. The van der Waals surface area contributed by atoms with Crippen molar-refractivity contribution in [3.8, 4) is 0 Å². The Kier molecular flexibility index (Phi) is 4.44. The molecule has 0 N–H and O–H groups in total. The lowest BCUT2D eigenvalue weighted by molar-refractivity contribution is -0.128. The first-order chi connectivity index (χ1) is 6.79. The second-order valence-corrected chi connectivity index (χ2v) is 3.73. The SMILES string of the molecule is C=CCCCN1C(=O)CC[C@H]1CC=C. The van der Waals surface area contributed by atoms with Gasteiger partial charge in [0.05, 0.1) is 0 Å². The molecule has 0 bridgehead atoms. The van der Waals surface area contributed by atoms with Crippen molar-refractivity contribution >= 4 is 5.91 Å². The molecule has 1 aliphatic heterocycles. The Bertz CT molecular complexity index is 222. The van der Waals surface area contributed by atoms with E-state index >= 15 is 0 Å². The zero-order chi connectivity index (χ0) is 10.4. The van der Waals surface area contributed by atoms with E-state index in [4.69, 9.17) is 0 Å². The van der Waals surface area contributed by atoms with Gasteiger partial charge in [-0.3, -0.25) is 4.79 Å². The van der Waals surface area contributed by atoms with E-state index in [0.29, 0.717) is 18.4 Å².